The van der Waals surface area contributed by atoms with Crippen LogP contribution in [0, 0.1) is 0 Å². The number of nitrogens with one attached hydrogen (secondary N) is 3. The fourth-order valence-electron chi connectivity index (χ4n) is 1.45. The molecule has 0 aromatic rings. The monoisotopic (exact) mass is 300 g/mol. The van der Waals surface area contributed by atoms with Gasteiger partial charge in [-0.1, -0.05) is 0 Å². The van der Waals surface area contributed by atoms with Crippen LogP contribution in [0.5, 0.6) is 0 Å². The van der Waals surface area contributed by atoms with Crippen molar-refractivity contribution in [2.75, 3.05) is 20.1 Å². The molecule has 0 saturated heterocycles. The predicted octanol–water partition coefficient (Wildman–Crippen LogP) is 0.408. The van der Waals surface area contributed by atoms with Gasteiger partial charge in [0, 0.05) is 19.1 Å². The highest BCUT2D eigenvalue weighted by molar-refractivity contribution is 5.86. The molecule has 0 spiro atoms. The van der Waals surface area contributed by atoms with E-state index in [1.807, 2.05) is 20.8 Å². The number of amides is 1. The number of ether oxygens (including phenoxy) is 1. The predicted molar refractivity (Wildman–Crippen MR) is 83.1 cm³/mol. The smallest absolute Gasteiger partial charge is 0.307 e. The Morgan fingerprint density at radius 2 is 1.81 bits per heavy atom. The van der Waals surface area contributed by atoms with Crippen LogP contribution in [-0.2, 0) is 14.3 Å². The molecule has 0 aromatic heterocycles. The second-order valence-electron chi connectivity index (χ2n) is 5.94. The third kappa shape index (κ3) is 11.7. The number of esters is 1. The van der Waals surface area contributed by atoms with E-state index in [-0.39, 0.29) is 36.5 Å². The number of hydrogen-bond acceptors (Lipinski definition) is 4. The Kier molecular flexibility index (Phi) is 8.42. The Balaban J connectivity index is 3.98. The molecule has 0 saturated carbocycles. The molecule has 1 amide bonds. The van der Waals surface area contributed by atoms with E-state index in [1.165, 1.54) is 0 Å². The molecule has 0 bridgehead atoms. The average molecular weight is 300 g/mol. The van der Waals surface area contributed by atoms with Crippen molar-refractivity contribution in [3.63, 3.8) is 0 Å². The van der Waals surface area contributed by atoms with E-state index < -0.39 is 0 Å². The highest BCUT2D eigenvalue weighted by Gasteiger charge is 2.13. The summed E-state index contributed by atoms with van der Waals surface area (Å²) in [5.74, 6) is 0.0829. The van der Waals surface area contributed by atoms with Crippen molar-refractivity contribution in [2.45, 2.75) is 52.7 Å². The van der Waals surface area contributed by atoms with E-state index in [4.69, 9.17) is 4.74 Å². The molecule has 0 heterocycles. The highest BCUT2D eigenvalue weighted by atomic mass is 16.5. The molecular formula is C14H28N4O3. The largest absolute Gasteiger partial charge is 0.463 e. The first-order valence-corrected chi connectivity index (χ1v) is 7.09. The van der Waals surface area contributed by atoms with Crippen molar-refractivity contribution in [3.8, 4) is 0 Å². The van der Waals surface area contributed by atoms with Crippen molar-refractivity contribution in [1.29, 1.82) is 0 Å². The molecular weight excluding hydrogens is 272 g/mol. The average Bonchev–Trinajstić information content (AvgIpc) is 2.30. The number of carbonyl (C=O) groups excluding carboxylic acids is 2. The van der Waals surface area contributed by atoms with Gasteiger partial charge in [-0.15, -0.1) is 0 Å². The second kappa shape index (κ2) is 9.20. The molecule has 0 aliphatic carbocycles. The lowest BCUT2D eigenvalue weighted by atomic mass is 10.1. The molecule has 0 aliphatic rings. The van der Waals surface area contributed by atoms with Gasteiger partial charge in [0.1, 0.15) is 0 Å². The molecule has 0 aromatic carbocycles. The van der Waals surface area contributed by atoms with E-state index in [0.717, 1.165) is 0 Å². The summed E-state index contributed by atoms with van der Waals surface area (Å²) in [6.07, 6.45) is 0.128. The van der Waals surface area contributed by atoms with E-state index >= 15 is 0 Å². The summed E-state index contributed by atoms with van der Waals surface area (Å²) in [5, 5.41) is 8.67. The first-order chi connectivity index (χ1) is 9.64. The minimum atomic E-state index is -0.268. The third-order valence-electron chi connectivity index (χ3n) is 2.14. The van der Waals surface area contributed by atoms with Gasteiger partial charge in [-0.2, -0.15) is 0 Å². The maximum absolute atomic E-state index is 11.7. The summed E-state index contributed by atoms with van der Waals surface area (Å²) in [7, 11) is 1.60. The molecule has 7 nitrogen and oxygen atoms in total. The highest BCUT2D eigenvalue weighted by Crippen LogP contribution is 1.97. The quantitative estimate of drug-likeness (QED) is 0.375. The van der Waals surface area contributed by atoms with Gasteiger partial charge in [0.05, 0.1) is 19.1 Å². The summed E-state index contributed by atoms with van der Waals surface area (Å²) in [5.41, 5.74) is -0.268. The van der Waals surface area contributed by atoms with Gasteiger partial charge in [0.15, 0.2) is 5.96 Å². The zero-order valence-electron chi connectivity index (χ0n) is 13.9. The minimum absolute atomic E-state index is 0.115. The van der Waals surface area contributed by atoms with Crippen LogP contribution < -0.4 is 16.0 Å². The molecule has 0 radical (unpaired) electrons. The summed E-state index contributed by atoms with van der Waals surface area (Å²) < 4.78 is 5.02. The zero-order chi connectivity index (χ0) is 16.5. The zero-order valence-corrected chi connectivity index (χ0v) is 13.9. The van der Waals surface area contributed by atoms with Gasteiger partial charge in [0.25, 0.3) is 0 Å². The number of carbonyl (C=O) groups is 2. The maximum Gasteiger partial charge on any atom is 0.307 e. The minimum Gasteiger partial charge on any atom is -0.463 e. The molecule has 0 atom stereocenters. The first-order valence-electron chi connectivity index (χ1n) is 7.09. The molecule has 7 heteroatoms. The Hall–Kier alpha value is -1.79. The van der Waals surface area contributed by atoms with E-state index in [9.17, 15) is 9.59 Å². The van der Waals surface area contributed by atoms with E-state index in [0.29, 0.717) is 12.5 Å². The second-order valence-corrected chi connectivity index (χ2v) is 5.94. The van der Waals surface area contributed by atoms with Gasteiger partial charge < -0.3 is 20.7 Å². The molecule has 122 valence electrons. The number of aliphatic imine (C=N–C) groups is 1. The summed E-state index contributed by atoms with van der Waals surface area (Å²) in [6.45, 7) is 9.87. The van der Waals surface area contributed by atoms with Gasteiger partial charge in [-0.3, -0.25) is 14.6 Å². The Labute approximate surface area is 126 Å². The molecule has 21 heavy (non-hydrogen) atoms. The molecule has 0 fully saturated rings. The Morgan fingerprint density at radius 3 is 2.29 bits per heavy atom. The topological polar surface area (TPSA) is 91.8 Å². The van der Waals surface area contributed by atoms with Gasteiger partial charge in [0.2, 0.25) is 5.91 Å². The van der Waals surface area contributed by atoms with Crippen molar-refractivity contribution in [2.24, 2.45) is 4.99 Å². The maximum atomic E-state index is 11.7. The number of guanidine groups is 1. The van der Waals surface area contributed by atoms with Gasteiger partial charge in [-0.25, -0.2) is 0 Å². The Bertz CT molecular complexity index is 373. The van der Waals surface area contributed by atoms with Crippen LogP contribution in [0.2, 0.25) is 0 Å². The van der Waals surface area contributed by atoms with Crippen LogP contribution in [-0.4, -0.2) is 49.6 Å². The lowest BCUT2D eigenvalue weighted by Gasteiger charge is -2.21. The van der Waals surface area contributed by atoms with Crippen molar-refractivity contribution in [1.82, 2.24) is 16.0 Å². The fourth-order valence-corrected chi connectivity index (χ4v) is 1.45. The fraction of sp³-hybridized carbons (Fsp3) is 0.786. The summed E-state index contributed by atoms with van der Waals surface area (Å²) >= 11 is 0. The first kappa shape index (κ1) is 19.2. The molecule has 0 aliphatic heterocycles. The molecule has 0 rings (SSSR count). The van der Waals surface area contributed by atoms with E-state index in [1.54, 1.807) is 20.9 Å². The summed E-state index contributed by atoms with van der Waals surface area (Å²) in [6, 6.07) is 0. The lowest BCUT2D eigenvalue weighted by molar-refractivity contribution is -0.147. The van der Waals surface area contributed by atoms with E-state index in [2.05, 4.69) is 20.9 Å². The Morgan fingerprint density at radius 1 is 1.19 bits per heavy atom. The number of nitrogens with zero attached hydrogens (tertiary/aromatic N) is 1. The van der Waals surface area contributed by atoms with Gasteiger partial charge in [-0.05, 0) is 34.6 Å². The number of rotatable bonds is 6. The van der Waals surface area contributed by atoms with Crippen molar-refractivity contribution < 1.29 is 14.3 Å². The summed E-state index contributed by atoms with van der Waals surface area (Å²) in [4.78, 5) is 27.0. The third-order valence-corrected chi connectivity index (χ3v) is 2.14. The normalized spacial score (nSPS) is 12.0. The number of hydrogen-bond donors (Lipinski definition) is 3. The van der Waals surface area contributed by atoms with Crippen LogP contribution in [0.25, 0.3) is 0 Å². The van der Waals surface area contributed by atoms with Crippen LogP contribution in [0.15, 0.2) is 4.99 Å². The van der Waals surface area contributed by atoms with Crippen LogP contribution in [0.3, 0.4) is 0 Å². The standard InChI is InChI=1S/C14H28N4O3/c1-10(2)21-12(20)7-8-16-13(15-6)17-9-11(19)18-14(3,4)5/h10H,7-9H2,1-6H3,(H,18,19)(H2,15,16,17). The SMILES string of the molecule is CN=C(NCCC(=O)OC(C)C)NCC(=O)NC(C)(C)C. The molecule has 3 N–H and O–H groups in total. The van der Waals surface area contributed by atoms with Crippen LogP contribution in [0.4, 0.5) is 0 Å². The molecule has 0 unspecified atom stereocenters. The van der Waals surface area contributed by atoms with Crippen LogP contribution in [0.1, 0.15) is 41.0 Å². The van der Waals surface area contributed by atoms with Crippen LogP contribution >= 0.6 is 0 Å². The van der Waals surface area contributed by atoms with Crippen molar-refractivity contribution in [3.05, 3.63) is 0 Å². The lowest BCUT2D eigenvalue weighted by Crippen LogP contribution is -2.48. The van der Waals surface area contributed by atoms with Crippen molar-refractivity contribution >= 4 is 17.8 Å². The van der Waals surface area contributed by atoms with Gasteiger partial charge >= 0.3 is 5.97 Å².